The van der Waals surface area contributed by atoms with E-state index in [2.05, 4.69) is 15.6 Å². The monoisotopic (exact) mass is 530 g/mol. The molecule has 2 N–H and O–H groups in total. The Kier molecular flexibility index (Phi) is 8.20. The summed E-state index contributed by atoms with van der Waals surface area (Å²) in [6.45, 7) is 5.99. The minimum Gasteiger partial charge on any atom is -0.368 e. The van der Waals surface area contributed by atoms with Crippen LogP contribution in [0.15, 0.2) is 52.4 Å². The van der Waals surface area contributed by atoms with E-state index in [-0.39, 0.29) is 12.4 Å². The first-order valence-corrected chi connectivity index (χ1v) is 12.7. The Balaban J connectivity index is 0.00000342. The molecule has 1 spiro atoms. The zero-order valence-corrected chi connectivity index (χ0v) is 21.3. The molecular weight excluding hydrogens is 501 g/mol. The number of nitrogens with one attached hydrogen (secondary N) is 2. The fourth-order valence-corrected chi connectivity index (χ4v) is 6.32. The summed E-state index contributed by atoms with van der Waals surface area (Å²) in [4.78, 5) is 4.99. The molecule has 1 saturated heterocycles. The lowest BCUT2D eigenvalue weighted by atomic mass is 9.85. The molecule has 11 heteroatoms. The molecule has 2 heterocycles. The fraction of sp³-hybridized carbons (Fsp3) is 0.458. The number of sulfonamides is 1. The van der Waals surface area contributed by atoms with Gasteiger partial charge in [0, 0.05) is 26.2 Å². The van der Waals surface area contributed by atoms with Crippen molar-refractivity contribution in [2.75, 3.05) is 26.2 Å². The van der Waals surface area contributed by atoms with Crippen molar-refractivity contribution in [1.82, 2.24) is 14.9 Å². The second-order valence-electron chi connectivity index (χ2n) is 8.96. The van der Waals surface area contributed by atoms with E-state index in [1.165, 1.54) is 16.4 Å². The molecule has 192 valence electrons. The third kappa shape index (κ3) is 5.82. The van der Waals surface area contributed by atoms with Crippen LogP contribution in [0.1, 0.15) is 35.1 Å². The van der Waals surface area contributed by atoms with E-state index in [4.69, 9.17) is 0 Å². The number of aryl methyl sites for hydroxylation is 2. The van der Waals surface area contributed by atoms with Crippen LogP contribution in [-0.2, 0) is 22.7 Å². The Hall–Kier alpha value is -2.14. The number of piperidine rings is 1. The van der Waals surface area contributed by atoms with Crippen molar-refractivity contribution in [1.29, 1.82) is 0 Å². The molecule has 4 rings (SSSR count). The van der Waals surface area contributed by atoms with Gasteiger partial charge in [-0.3, -0.25) is 4.99 Å². The summed E-state index contributed by atoms with van der Waals surface area (Å²) in [7, 11) is -3.61. The van der Waals surface area contributed by atoms with E-state index in [1.807, 2.05) is 19.1 Å². The average molecular weight is 531 g/mol. The van der Waals surface area contributed by atoms with Crippen LogP contribution >= 0.6 is 12.4 Å². The van der Waals surface area contributed by atoms with E-state index in [9.17, 15) is 21.6 Å². The molecule has 0 amide bonds. The third-order valence-electron chi connectivity index (χ3n) is 6.58. The topological polar surface area (TPSA) is 73.8 Å². The van der Waals surface area contributed by atoms with Gasteiger partial charge < -0.3 is 10.6 Å². The molecule has 0 saturated carbocycles. The summed E-state index contributed by atoms with van der Waals surface area (Å²) in [6, 6.07) is 10.5. The van der Waals surface area contributed by atoms with Gasteiger partial charge in [0.1, 0.15) is 5.84 Å². The number of aliphatic imine (C=N–C) groups is 1. The van der Waals surface area contributed by atoms with Gasteiger partial charge in [0.15, 0.2) is 0 Å². The number of benzene rings is 2. The van der Waals surface area contributed by atoms with E-state index >= 15 is 0 Å². The smallest absolute Gasteiger partial charge is 0.368 e. The van der Waals surface area contributed by atoms with Crippen LogP contribution in [0, 0.1) is 13.8 Å². The number of alkyl halides is 3. The summed E-state index contributed by atoms with van der Waals surface area (Å²) >= 11 is 0. The van der Waals surface area contributed by atoms with Crippen molar-refractivity contribution in [3.05, 3.63) is 64.7 Å². The summed E-state index contributed by atoms with van der Waals surface area (Å²) in [5, 5.41) is 6.82. The van der Waals surface area contributed by atoms with E-state index in [0.29, 0.717) is 56.0 Å². The number of halogens is 4. The van der Waals surface area contributed by atoms with Gasteiger partial charge in [-0.25, -0.2) is 8.42 Å². The van der Waals surface area contributed by atoms with Gasteiger partial charge in [0.2, 0.25) is 10.0 Å². The molecule has 2 aliphatic rings. The number of hydrogen-bond donors (Lipinski definition) is 2. The lowest BCUT2D eigenvalue weighted by Crippen LogP contribution is -2.64. The summed E-state index contributed by atoms with van der Waals surface area (Å²) in [6.07, 6.45) is -3.26. The van der Waals surface area contributed by atoms with Crippen LogP contribution in [0.4, 0.5) is 13.2 Å². The molecular formula is C24H30ClF3N4O2S. The van der Waals surface area contributed by atoms with E-state index in [0.717, 1.165) is 29.1 Å². The molecule has 0 unspecified atom stereocenters. The van der Waals surface area contributed by atoms with Gasteiger partial charge >= 0.3 is 6.18 Å². The van der Waals surface area contributed by atoms with Crippen molar-refractivity contribution in [2.24, 2.45) is 4.99 Å². The highest BCUT2D eigenvalue weighted by Gasteiger charge is 2.43. The predicted octanol–water partition coefficient (Wildman–Crippen LogP) is 4.06. The molecule has 0 bridgehead atoms. The minimum atomic E-state index is -4.36. The van der Waals surface area contributed by atoms with Crippen molar-refractivity contribution in [3.8, 4) is 0 Å². The average Bonchev–Trinajstić information content (AvgIpc) is 2.80. The SMILES string of the molecule is Cc1ccc(C)c(S(=O)(=O)N2CCC3(CC2)NCCN=C3NCc2ccc(C(F)(F)F)cc2)c1.Cl. The van der Waals surface area contributed by atoms with Crippen molar-refractivity contribution in [3.63, 3.8) is 0 Å². The van der Waals surface area contributed by atoms with E-state index in [1.54, 1.807) is 13.0 Å². The van der Waals surface area contributed by atoms with Gasteiger partial charge in [-0.05, 0) is 61.6 Å². The first-order valence-electron chi connectivity index (χ1n) is 11.3. The zero-order chi connectivity index (χ0) is 24.6. The van der Waals surface area contributed by atoms with Crippen LogP contribution < -0.4 is 10.6 Å². The number of nitrogens with zero attached hydrogens (tertiary/aromatic N) is 2. The van der Waals surface area contributed by atoms with Crippen molar-refractivity contribution < 1.29 is 21.6 Å². The number of rotatable bonds is 4. The van der Waals surface area contributed by atoms with Gasteiger partial charge in [-0.2, -0.15) is 17.5 Å². The highest BCUT2D eigenvalue weighted by atomic mass is 35.5. The Morgan fingerprint density at radius 3 is 2.37 bits per heavy atom. The second-order valence-corrected chi connectivity index (χ2v) is 10.9. The highest BCUT2D eigenvalue weighted by molar-refractivity contribution is 7.89. The first-order chi connectivity index (χ1) is 16.0. The molecule has 2 aromatic rings. The maximum Gasteiger partial charge on any atom is 0.416 e. The van der Waals surface area contributed by atoms with Crippen LogP contribution in [0.5, 0.6) is 0 Å². The quantitative estimate of drug-likeness (QED) is 0.625. The Morgan fingerprint density at radius 2 is 1.74 bits per heavy atom. The van der Waals surface area contributed by atoms with Crippen LogP contribution in [0.25, 0.3) is 0 Å². The van der Waals surface area contributed by atoms with Crippen LogP contribution in [0.3, 0.4) is 0 Å². The summed E-state index contributed by atoms with van der Waals surface area (Å²) in [5.74, 6) is 0.738. The second kappa shape index (κ2) is 10.5. The molecule has 2 aliphatic heterocycles. The molecule has 0 radical (unpaired) electrons. The molecule has 0 aromatic heterocycles. The minimum absolute atomic E-state index is 0. The molecule has 2 aromatic carbocycles. The molecule has 35 heavy (non-hydrogen) atoms. The predicted molar refractivity (Wildman–Crippen MR) is 132 cm³/mol. The van der Waals surface area contributed by atoms with Gasteiger partial charge in [-0.15, -0.1) is 12.4 Å². The van der Waals surface area contributed by atoms with Crippen molar-refractivity contribution in [2.45, 2.75) is 49.8 Å². The highest BCUT2D eigenvalue weighted by Crippen LogP contribution is 2.31. The summed E-state index contributed by atoms with van der Waals surface area (Å²) < 4.78 is 66.6. The zero-order valence-electron chi connectivity index (χ0n) is 19.7. The van der Waals surface area contributed by atoms with Gasteiger partial charge in [0.25, 0.3) is 0 Å². The molecule has 6 nitrogen and oxygen atoms in total. The largest absolute Gasteiger partial charge is 0.416 e. The fourth-order valence-electron chi connectivity index (χ4n) is 4.57. The van der Waals surface area contributed by atoms with Crippen molar-refractivity contribution >= 4 is 28.3 Å². The Labute approximate surface area is 210 Å². The normalized spacial score (nSPS) is 18.6. The van der Waals surface area contributed by atoms with E-state index < -0.39 is 27.3 Å². The Bertz CT molecular complexity index is 1180. The first kappa shape index (κ1) is 27.4. The van der Waals surface area contributed by atoms with Crippen LogP contribution in [-0.4, -0.2) is 50.3 Å². The molecule has 0 atom stereocenters. The maximum absolute atomic E-state index is 13.3. The number of amidine groups is 1. The third-order valence-corrected chi connectivity index (χ3v) is 8.62. The van der Waals surface area contributed by atoms with Gasteiger partial charge in [-0.1, -0.05) is 24.3 Å². The lowest BCUT2D eigenvalue weighted by Gasteiger charge is -2.44. The Morgan fingerprint density at radius 1 is 1.09 bits per heavy atom. The molecule has 1 fully saturated rings. The summed E-state index contributed by atoms with van der Waals surface area (Å²) in [5.41, 5.74) is 1.18. The number of hydrogen-bond acceptors (Lipinski definition) is 5. The van der Waals surface area contributed by atoms with Gasteiger partial charge in [0.05, 0.1) is 22.5 Å². The standard InChI is InChI=1S/C24H29F3N4O2S.ClH/c1-17-3-4-18(2)21(15-17)34(32,33)31-13-9-23(10-14-31)22(28-11-12-30-23)29-16-19-5-7-20(8-6-19)24(25,26)27;/h3-8,15,30H,9-14,16H2,1-2H3,(H,28,29);1H. The lowest BCUT2D eigenvalue weighted by molar-refractivity contribution is -0.137. The molecule has 0 aliphatic carbocycles. The maximum atomic E-state index is 13.3. The van der Waals surface area contributed by atoms with Crippen LogP contribution in [0.2, 0.25) is 0 Å².